The van der Waals surface area contributed by atoms with Gasteiger partial charge in [-0.05, 0) is 64.1 Å². The number of nitrogens with two attached hydrogens (primary N) is 1. The van der Waals surface area contributed by atoms with Crippen LogP contribution in [0.15, 0.2) is 18.2 Å². The standard InChI is InChI=1S/C17H28N2/c1-12-5-8-17(13(2)9-12)15(4)19-11-16(10-18)7-6-14(19)3/h5,8-9,14-16H,6-7,10-11,18H2,1-4H3. The van der Waals surface area contributed by atoms with Gasteiger partial charge >= 0.3 is 0 Å². The smallest absolute Gasteiger partial charge is 0.0325 e. The second-order valence-corrected chi connectivity index (χ2v) is 6.26. The molecule has 1 aromatic rings. The van der Waals surface area contributed by atoms with E-state index < -0.39 is 0 Å². The molecule has 1 aliphatic rings. The molecule has 0 aromatic heterocycles. The Morgan fingerprint density at radius 2 is 2.05 bits per heavy atom. The lowest BCUT2D eigenvalue weighted by Crippen LogP contribution is -2.45. The number of nitrogens with zero attached hydrogens (tertiary/aromatic N) is 1. The van der Waals surface area contributed by atoms with Crippen LogP contribution < -0.4 is 5.73 Å². The van der Waals surface area contributed by atoms with Gasteiger partial charge in [-0.15, -0.1) is 0 Å². The van der Waals surface area contributed by atoms with Crippen molar-refractivity contribution in [3.05, 3.63) is 34.9 Å². The average molecular weight is 260 g/mol. The minimum Gasteiger partial charge on any atom is -0.330 e. The SMILES string of the molecule is Cc1ccc(C(C)N2CC(CN)CCC2C)c(C)c1. The maximum absolute atomic E-state index is 5.87. The molecule has 19 heavy (non-hydrogen) atoms. The Balaban J connectivity index is 2.19. The lowest BCUT2D eigenvalue weighted by atomic mass is 9.90. The van der Waals surface area contributed by atoms with E-state index in [1.165, 1.54) is 29.5 Å². The molecule has 1 saturated heterocycles. The third kappa shape index (κ3) is 3.18. The zero-order valence-corrected chi connectivity index (χ0v) is 12.8. The molecular weight excluding hydrogens is 232 g/mol. The molecule has 2 heteroatoms. The van der Waals surface area contributed by atoms with Gasteiger partial charge in [-0.3, -0.25) is 4.90 Å². The second kappa shape index (κ2) is 6.06. The molecule has 3 unspecified atom stereocenters. The van der Waals surface area contributed by atoms with Crippen LogP contribution in [0.1, 0.15) is 49.4 Å². The summed E-state index contributed by atoms with van der Waals surface area (Å²) < 4.78 is 0. The molecule has 2 N–H and O–H groups in total. The molecule has 2 rings (SSSR count). The van der Waals surface area contributed by atoms with E-state index in [-0.39, 0.29) is 0 Å². The van der Waals surface area contributed by atoms with Gasteiger partial charge in [0.05, 0.1) is 0 Å². The molecule has 1 heterocycles. The summed E-state index contributed by atoms with van der Waals surface area (Å²) in [5, 5.41) is 0. The maximum atomic E-state index is 5.87. The lowest BCUT2D eigenvalue weighted by Gasteiger charge is -2.42. The number of benzene rings is 1. The first kappa shape index (κ1) is 14.5. The highest BCUT2D eigenvalue weighted by Crippen LogP contribution is 2.31. The molecule has 1 aromatic carbocycles. The number of aryl methyl sites for hydroxylation is 2. The topological polar surface area (TPSA) is 29.3 Å². The van der Waals surface area contributed by atoms with Gasteiger partial charge < -0.3 is 5.73 Å². The van der Waals surface area contributed by atoms with Gasteiger partial charge in [0.15, 0.2) is 0 Å². The van der Waals surface area contributed by atoms with Crippen molar-refractivity contribution in [1.29, 1.82) is 0 Å². The van der Waals surface area contributed by atoms with Crippen LogP contribution in [0, 0.1) is 19.8 Å². The third-order valence-corrected chi connectivity index (χ3v) is 4.73. The summed E-state index contributed by atoms with van der Waals surface area (Å²) in [6.45, 7) is 11.1. The zero-order chi connectivity index (χ0) is 14.0. The van der Waals surface area contributed by atoms with E-state index in [9.17, 15) is 0 Å². The van der Waals surface area contributed by atoms with Crippen LogP contribution in [0.3, 0.4) is 0 Å². The van der Waals surface area contributed by atoms with E-state index in [4.69, 9.17) is 5.73 Å². The Labute approximate surface area is 118 Å². The summed E-state index contributed by atoms with van der Waals surface area (Å²) in [5.41, 5.74) is 10.1. The van der Waals surface area contributed by atoms with Gasteiger partial charge in [-0.1, -0.05) is 23.8 Å². The largest absolute Gasteiger partial charge is 0.330 e. The predicted octanol–water partition coefficient (Wildman–Crippen LogP) is 3.42. The first-order valence-corrected chi connectivity index (χ1v) is 7.56. The Morgan fingerprint density at radius 1 is 1.32 bits per heavy atom. The highest BCUT2D eigenvalue weighted by atomic mass is 15.2. The van der Waals surface area contributed by atoms with Crippen molar-refractivity contribution in [2.75, 3.05) is 13.1 Å². The molecule has 2 nitrogen and oxygen atoms in total. The minimum absolute atomic E-state index is 0.491. The Kier molecular flexibility index (Phi) is 4.64. The quantitative estimate of drug-likeness (QED) is 0.902. The molecule has 0 saturated carbocycles. The van der Waals surface area contributed by atoms with E-state index in [0.29, 0.717) is 18.0 Å². The fraction of sp³-hybridized carbons (Fsp3) is 0.647. The highest BCUT2D eigenvalue weighted by Gasteiger charge is 2.29. The van der Waals surface area contributed by atoms with E-state index in [1.54, 1.807) is 0 Å². The third-order valence-electron chi connectivity index (χ3n) is 4.73. The molecular formula is C17H28N2. The van der Waals surface area contributed by atoms with Gasteiger partial charge in [0, 0.05) is 18.6 Å². The fourth-order valence-electron chi connectivity index (χ4n) is 3.42. The van der Waals surface area contributed by atoms with Crippen LogP contribution in [0.2, 0.25) is 0 Å². The Morgan fingerprint density at radius 3 is 2.68 bits per heavy atom. The Hall–Kier alpha value is -0.860. The van der Waals surface area contributed by atoms with Crippen LogP contribution in [-0.2, 0) is 0 Å². The summed E-state index contributed by atoms with van der Waals surface area (Å²) in [6.07, 6.45) is 2.56. The minimum atomic E-state index is 0.491. The second-order valence-electron chi connectivity index (χ2n) is 6.26. The highest BCUT2D eigenvalue weighted by molar-refractivity contribution is 5.32. The molecule has 3 atom stereocenters. The molecule has 0 radical (unpaired) electrons. The summed E-state index contributed by atoms with van der Waals surface area (Å²) >= 11 is 0. The number of rotatable bonds is 3. The number of piperidine rings is 1. The van der Waals surface area contributed by atoms with Crippen molar-refractivity contribution in [1.82, 2.24) is 4.90 Å². The number of hydrogen-bond donors (Lipinski definition) is 1. The monoisotopic (exact) mass is 260 g/mol. The summed E-state index contributed by atoms with van der Waals surface area (Å²) in [5.74, 6) is 0.671. The van der Waals surface area contributed by atoms with Crippen LogP contribution in [0.25, 0.3) is 0 Å². The average Bonchev–Trinajstić information content (AvgIpc) is 2.38. The van der Waals surface area contributed by atoms with Crippen LogP contribution in [0.5, 0.6) is 0 Å². The fourth-order valence-corrected chi connectivity index (χ4v) is 3.42. The lowest BCUT2D eigenvalue weighted by molar-refractivity contribution is 0.0810. The maximum Gasteiger partial charge on any atom is 0.0325 e. The van der Waals surface area contributed by atoms with Gasteiger partial charge in [-0.25, -0.2) is 0 Å². The van der Waals surface area contributed by atoms with Crippen molar-refractivity contribution in [3.8, 4) is 0 Å². The number of hydrogen-bond acceptors (Lipinski definition) is 2. The molecule has 0 amide bonds. The first-order chi connectivity index (χ1) is 9.02. The van der Waals surface area contributed by atoms with Crippen LogP contribution >= 0.6 is 0 Å². The molecule has 0 spiro atoms. The predicted molar refractivity (Wildman–Crippen MR) is 82.3 cm³/mol. The van der Waals surface area contributed by atoms with Crippen molar-refractivity contribution >= 4 is 0 Å². The number of likely N-dealkylation sites (tertiary alicyclic amines) is 1. The van der Waals surface area contributed by atoms with Crippen LogP contribution in [-0.4, -0.2) is 24.0 Å². The van der Waals surface area contributed by atoms with Gasteiger partial charge in [0.2, 0.25) is 0 Å². The van der Waals surface area contributed by atoms with Crippen molar-refractivity contribution in [2.45, 2.75) is 52.6 Å². The van der Waals surface area contributed by atoms with E-state index in [1.807, 2.05) is 0 Å². The Bertz CT molecular complexity index is 427. The summed E-state index contributed by atoms with van der Waals surface area (Å²) in [6, 6.07) is 7.98. The first-order valence-electron chi connectivity index (χ1n) is 7.56. The molecule has 1 aliphatic heterocycles. The summed E-state index contributed by atoms with van der Waals surface area (Å²) in [4.78, 5) is 2.64. The van der Waals surface area contributed by atoms with Gasteiger partial charge in [0.25, 0.3) is 0 Å². The van der Waals surface area contributed by atoms with E-state index in [0.717, 1.165) is 13.1 Å². The van der Waals surface area contributed by atoms with Crippen molar-refractivity contribution in [2.24, 2.45) is 11.7 Å². The molecule has 0 bridgehead atoms. The van der Waals surface area contributed by atoms with E-state index >= 15 is 0 Å². The zero-order valence-electron chi connectivity index (χ0n) is 12.8. The molecule has 0 aliphatic carbocycles. The molecule has 106 valence electrons. The van der Waals surface area contributed by atoms with Crippen LogP contribution in [0.4, 0.5) is 0 Å². The van der Waals surface area contributed by atoms with E-state index in [2.05, 4.69) is 50.8 Å². The van der Waals surface area contributed by atoms with Crippen molar-refractivity contribution < 1.29 is 0 Å². The normalized spacial score (nSPS) is 26.4. The summed E-state index contributed by atoms with van der Waals surface area (Å²) in [7, 11) is 0. The van der Waals surface area contributed by atoms with Crippen molar-refractivity contribution in [3.63, 3.8) is 0 Å². The molecule has 1 fully saturated rings. The van der Waals surface area contributed by atoms with Gasteiger partial charge in [0.1, 0.15) is 0 Å². The van der Waals surface area contributed by atoms with Gasteiger partial charge in [-0.2, -0.15) is 0 Å².